The van der Waals surface area contributed by atoms with E-state index >= 15 is 0 Å². The van der Waals surface area contributed by atoms with Gasteiger partial charge in [0.25, 0.3) is 0 Å². The lowest BCUT2D eigenvalue weighted by Gasteiger charge is -2.22. The van der Waals surface area contributed by atoms with Crippen molar-refractivity contribution in [2.24, 2.45) is 0 Å². The van der Waals surface area contributed by atoms with Gasteiger partial charge in [0, 0.05) is 25.6 Å². The topological polar surface area (TPSA) is 98.7 Å². The van der Waals surface area contributed by atoms with Crippen LogP contribution in [-0.2, 0) is 9.59 Å². The molecule has 0 aromatic carbocycles. The minimum atomic E-state index is -0.892. The maximum absolute atomic E-state index is 12.0. The van der Waals surface area contributed by atoms with Crippen LogP contribution in [0.3, 0.4) is 0 Å². The van der Waals surface area contributed by atoms with Gasteiger partial charge in [0.1, 0.15) is 6.04 Å². The SMILES string of the molecule is CC(CCC(=O)O)NC(=O)NC(C)C(=O)N1CCCC1. The summed E-state index contributed by atoms with van der Waals surface area (Å²) in [6, 6.07) is -1.26. The van der Waals surface area contributed by atoms with Gasteiger partial charge < -0.3 is 20.6 Å². The molecule has 0 aromatic heterocycles. The summed E-state index contributed by atoms with van der Waals surface area (Å²) in [5.41, 5.74) is 0. The van der Waals surface area contributed by atoms with Crippen LogP contribution in [0.4, 0.5) is 4.79 Å². The maximum Gasteiger partial charge on any atom is 0.315 e. The number of rotatable bonds is 6. The van der Waals surface area contributed by atoms with Gasteiger partial charge in [-0.2, -0.15) is 0 Å². The van der Waals surface area contributed by atoms with Crippen molar-refractivity contribution in [1.82, 2.24) is 15.5 Å². The fourth-order valence-corrected chi connectivity index (χ4v) is 2.15. The third-order valence-corrected chi connectivity index (χ3v) is 3.30. The Kier molecular flexibility index (Phi) is 6.27. The monoisotopic (exact) mass is 285 g/mol. The van der Waals surface area contributed by atoms with Gasteiger partial charge in [-0.05, 0) is 33.1 Å². The number of amides is 3. The third kappa shape index (κ3) is 5.46. The summed E-state index contributed by atoms with van der Waals surface area (Å²) in [4.78, 5) is 35.8. The van der Waals surface area contributed by atoms with E-state index in [9.17, 15) is 14.4 Å². The van der Waals surface area contributed by atoms with E-state index in [-0.39, 0.29) is 18.4 Å². The quantitative estimate of drug-likeness (QED) is 0.663. The molecule has 0 aromatic rings. The average molecular weight is 285 g/mol. The van der Waals surface area contributed by atoms with Crippen LogP contribution < -0.4 is 10.6 Å². The van der Waals surface area contributed by atoms with E-state index in [1.165, 1.54) is 0 Å². The van der Waals surface area contributed by atoms with Crippen LogP contribution in [0.1, 0.15) is 39.5 Å². The summed E-state index contributed by atoms with van der Waals surface area (Å²) in [7, 11) is 0. The normalized spacial score (nSPS) is 17.4. The largest absolute Gasteiger partial charge is 0.481 e. The van der Waals surface area contributed by atoms with Crippen LogP contribution in [0.2, 0.25) is 0 Å². The van der Waals surface area contributed by atoms with Gasteiger partial charge in [0.15, 0.2) is 0 Å². The molecule has 3 N–H and O–H groups in total. The van der Waals surface area contributed by atoms with E-state index in [0.717, 1.165) is 25.9 Å². The van der Waals surface area contributed by atoms with Crippen molar-refractivity contribution in [2.75, 3.05) is 13.1 Å². The standard InChI is InChI=1S/C13H23N3O4/c1-9(5-6-11(17)18)14-13(20)15-10(2)12(19)16-7-3-4-8-16/h9-10H,3-8H2,1-2H3,(H,17,18)(H2,14,15,20). The number of carbonyl (C=O) groups is 3. The van der Waals surface area contributed by atoms with Crippen LogP contribution in [0.5, 0.6) is 0 Å². The first-order chi connectivity index (χ1) is 9.40. The van der Waals surface area contributed by atoms with Crippen LogP contribution >= 0.6 is 0 Å². The summed E-state index contributed by atoms with van der Waals surface area (Å²) in [5, 5.41) is 13.8. The van der Waals surface area contributed by atoms with Gasteiger partial charge in [-0.25, -0.2) is 4.79 Å². The zero-order valence-electron chi connectivity index (χ0n) is 12.0. The highest BCUT2D eigenvalue weighted by atomic mass is 16.4. The molecule has 0 saturated carbocycles. The second kappa shape index (κ2) is 7.72. The lowest BCUT2D eigenvalue weighted by molar-refractivity contribution is -0.137. The number of hydrogen-bond acceptors (Lipinski definition) is 3. The number of hydrogen-bond donors (Lipinski definition) is 3. The minimum Gasteiger partial charge on any atom is -0.481 e. The van der Waals surface area contributed by atoms with E-state index < -0.39 is 18.0 Å². The van der Waals surface area contributed by atoms with Crippen molar-refractivity contribution in [1.29, 1.82) is 0 Å². The Bertz CT molecular complexity index is 367. The smallest absolute Gasteiger partial charge is 0.315 e. The molecule has 2 unspecified atom stereocenters. The number of nitrogens with zero attached hydrogens (tertiary/aromatic N) is 1. The van der Waals surface area contributed by atoms with Gasteiger partial charge in [-0.3, -0.25) is 9.59 Å². The lowest BCUT2D eigenvalue weighted by Crippen LogP contribution is -2.50. The van der Waals surface area contributed by atoms with Crippen LogP contribution in [0.15, 0.2) is 0 Å². The molecule has 1 aliphatic heterocycles. The zero-order valence-corrected chi connectivity index (χ0v) is 12.0. The lowest BCUT2D eigenvalue weighted by atomic mass is 10.2. The third-order valence-electron chi connectivity index (χ3n) is 3.30. The molecule has 114 valence electrons. The van der Waals surface area contributed by atoms with Gasteiger partial charge in [0.05, 0.1) is 0 Å². The number of nitrogens with one attached hydrogen (secondary N) is 2. The number of carbonyl (C=O) groups excluding carboxylic acids is 2. The number of carboxylic acids is 1. The molecule has 1 heterocycles. The van der Waals surface area contributed by atoms with Crippen molar-refractivity contribution in [3.8, 4) is 0 Å². The van der Waals surface area contributed by atoms with Crippen LogP contribution in [-0.4, -0.2) is 53.1 Å². The zero-order chi connectivity index (χ0) is 15.1. The number of carboxylic acid groups (broad SMARTS) is 1. The predicted octanol–water partition coefficient (Wildman–Crippen LogP) is 0.550. The maximum atomic E-state index is 12.0. The van der Waals surface area contributed by atoms with Gasteiger partial charge in [-0.15, -0.1) is 0 Å². The molecule has 1 fully saturated rings. The molecule has 1 rings (SSSR count). The molecule has 2 atom stereocenters. The molecule has 1 aliphatic rings. The number of aliphatic carboxylic acids is 1. The van der Waals surface area contributed by atoms with Crippen molar-refractivity contribution >= 4 is 17.9 Å². The van der Waals surface area contributed by atoms with E-state index in [2.05, 4.69) is 10.6 Å². The molecule has 3 amide bonds. The number of likely N-dealkylation sites (tertiary alicyclic amines) is 1. The summed E-state index contributed by atoms with van der Waals surface area (Å²) >= 11 is 0. The Labute approximate surface area is 118 Å². The molecular weight excluding hydrogens is 262 g/mol. The molecule has 0 radical (unpaired) electrons. The fourth-order valence-electron chi connectivity index (χ4n) is 2.15. The molecule has 0 aliphatic carbocycles. The van der Waals surface area contributed by atoms with Crippen LogP contribution in [0.25, 0.3) is 0 Å². The predicted molar refractivity (Wildman–Crippen MR) is 73.3 cm³/mol. The molecule has 1 saturated heterocycles. The van der Waals surface area contributed by atoms with Gasteiger partial charge in [-0.1, -0.05) is 0 Å². The van der Waals surface area contributed by atoms with Crippen molar-refractivity contribution in [2.45, 2.75) is 51.6 Å². The first kappa shape index (κ1) is 16.3. The second-order valence-electron chi connectivity index (χ2n) is 5.21. The van der Waals surface area contributed by atoms with Gasteiger partial charge in [0.2, 0.25) is 5.91 Å². The highest BCUT2D eigenvalue weighted by molar-refractivity contribution is 5.86. The summed E-state index contributed by atoms with van der Waals surface area (Å²) in [6.07, 6.45) is 2.38. The molecule has 7 nitrogen and oxygen atoms in total. The summed E-state index contributed by atoms with van der Waals surface area (Å²) in [6.45, 7) is 4.89. The molecule has 0 bridgehead atoms. The van der Waals surface area contributed by atoms with E-state index in [4.69, 9.17) is 5.11 Å². The van der Waals surface area contributed by atoms with Crippen molar-refractivity contribution in [3.05, 3.63) is 0 Å². The Morgan fingerprint density at radius 2 is 1.75 bits per heavy atom. The average Bonchev–Trinajstić information content (AvgIpc) is 2.88. The second-order valence-corrected chi connectivity index (χ2v) is 5.21. The Balaban J connectivity index is 2.29. The molecule has 0 spiro atoms. The summed E-state index contributed by atoms with van der Waals surface area (Å²) < 4.78 is 0. The van der Waals surface area contributed by atoms with E-state index in [1.807, 2.05) is 0 Å². The van der Waals surface area contributed by atoms with E-state index in [1.54, 1.807) is 18.7 Å². The molecule has 20 heavy (non-hydrogen) atoms. The number of urea groups is 1. The minimum absolute atomic E-state index is 0.00368. The molecular formula is C13H23N3O4. The molecule has 7 heteroatoms. The highest BCUT2D eigenvalue weighted by Gasteiger charge is 2.24. The fraction of sp³-hybridized carbons (Fsp3) is 0.769. The Morgan fingerprint density at radius 1 is 1.15 bits per heavy atom. The Hall–Kier alpha value is -1.79. The van der Waals surface area contributed by atoms with E-state index in [0.29, 0.717) is 6.42 Å². The van der Waals surface area contributed by atoms with Crippen LogP contribution in [0, 0.1) is 0 Å². The van der Waals surface area contributed by atoms with Crippen molar-refractivity contribution < 1.29 is 19.5 Å². The first-order valence-corrected chi connectivity index (χ1v) is 6.97. The summed E-state index contributed by atoms with van der Waals surface area (Å²) in [5.74, 6) is -0.965. The first-order valence-electron chi connectivity index (χ1n) is 6.97. The Morgan fingerprint density at radius 3 is 2.30 bits per heavy atom. The van der Waals surface area contributed by atoms with Crippen molar-refractivity contribution in [3.63, 3.8) is 0 Å². The highest BCUT2D eigenvalue weighted by Crippen LogP contribution is 2.08. The van der Waals surface area contributed by atoms with Gasteiger partial charge >= 0.3 is 12.0 Å².